The van der Waals surface area contributed by atoms with Gasteiger partial charge in [0.25, 0.3) is 0 Å². The molecule has 0 atom stereocenters. The molecule has 0 aliphatic heterocycles. The molecule has 2 aromatic rings. The van der Waals surface area contributed by atoms with Gasteiger partial charge in [0.15, 0.2) is 0 Å². The minimum Gasteiger partial charge on any atom is -0.368 e. The lowest BCUT2D eigenvalue weighted by molar-refractivity contribution is 0.605. The Morgan fingerprint density at radius 2 is 2.29 bits per heavy atom. The molecule has 2 rings (SSSR count). The van der Waals surface area contributed by atoms with E-state index in [4.69, 9.17) is 5.73 Å². The fraction of sp³-hybridized carbons (Fsp3) is 0.500. The van der Waals surface area contributed by atoms with E-state index >= 15 is 0 Å². The molecule has 2 aromatic heterocycles. The van der Waals surface area contributed by atoms with E-state index in [1.807, 2.05) is 30.9 Å². The van der Waals surface area contributed by atoms with Crippen LogP contribution in [0.5, 0.6) is 0 Å². The Hall–Kier alpha value is -1.89. The zero-order valence-electron chi connectivity index (χ0n) is 10.1. The Morgan fingerprint density at radius 3 is 2.88 bits per heavy atom. The minimum absolute atomic E-state index is 0.425. The molecule has 0 amide bonds. The maximum Gasteiger partial charge on any atom is 0.124 e. The van der Waals surface area contributed by atoms with Gasteiger partial charge in [-0.1, -0.05) is 5.21 Å². The Kier molecular flexibility index (Phi) is 3.38. The van der Waals surface area contributed by atoms with Gasteiger partial charge in [0.1, 0.15) is 5.82 Å². The molecular weight excluding hydrogens is 218 g/mol. The van der Waals surface area contributed by atoms with Crippen molar-refractivity contribution in [1.82, 2.24) is 24.8 Å². The summed E-state index contributed by atoms with van der Waals surface area (Å²) in [5, 5.41) is 15.4. The molecule has 0 bridgehead atoms. The molecule has 0 unspecified atom stereocenters. The number of nitrogens with one attached hydrogen (secondary N) is 1. The Bertz CT molecular complexity index is 485. The first-order valence-corrected chi connectivity index (χ1v) is 5.52. The van der Waals surface area contributed by atoms with Gasteiger partial charge in [0.2, 0.25) is 0 Å². The van der Waals surface area contributed by atoms with E-state index in [1.165, 1.54) is 0 Å². The van der Waals surface area contributed by atoms with Crippen LogP contribution in [0, 0.1) is 6.92 Å². The van der Waals surface area contributed by atoms with E-state index in [0.717, 1.165) is 30.3 Å². The van der Waals surface area contributed by atoms with Crippen LogP contribution in [0.3, 0.4) is 0 Å². The summed E-state index contributed by atoms with van der Waals surface area (Å²) < 4.78 is 3.60. The fourth-order valence-electron chi connectivity index (χ4n) is 1.62. The average molecular weight is 235 g/mol. The Balaban J connectivity index is 1.85. The van der Waals surface area contributed by atoms with Crippen LogP contribution in [0.15, 0.2) is 12.3 Å². The third-order valence-corrected chi connectivity index (χ3v) is 2.44. The number of nitrogens with two attached hydrogens (primary N) is 1. The largest absolute Gasteiger partial charge is 0.368 e. The lowest BCUT2D eigenvalue weighted by Gasteiger charge is -2.05. The summed E-state index contributed by atoms with van der Waals surface area (Å²) in [5.41, 5.74) is 7.27. The minimum atomic E-state index is 0.425. The number of aromatic nitrogens is 5. The van der Waals surface area contributed by atoms with E-state index < -0.39 is 0 Å². The fourth-order valence-corrected chi connectivity index (χ4v) is 1.62. The van der Waals surface area contributed by atoms with Gasteiger partial charge in [-0.05, 0) is 6.92 Å². The molecule has 2 heterocycles. The first-order chi connectivity index (χ1) is 8.19. The Labute approximate surface area is 99.6 Å². The topological polar surface area (TPSA) is 86.6 Å². The van der Waals surface area contributed by atoms with E-state index in [9.17, 15) is 0 Å². The smallest absolute Gasteiger partial charge is 0.124 e. The van der Waals surface area contributed by atoms with Crippen LogP contribution in [0.2, 0.25) is 0 Å². The van der Waals surface area contributed by atoms with Crippen LogP contribution in [-0.4, -0.2) is 31.3 Å². The summed E-state index contributed by atoms with van der Waals surface area (Å²) in [6.07, 6.45) is 1.86. The highest BCUT2D eigenvalue weighted by atomic mass is 15.4. The molecule has 92 valence electrons. The summed E-state index contributed by atoms with van der Waals surface area (Å²) in [5.74, 6) is 1.00. The van der Waals surface area contributed by atoms with Gasteiger partial charge in [-0.2, -0.15) is 5.10 Å². The lowest BCUT2D eigenvalue weighted by Crippen LogP contribution is -2.13. The second-order valence-electron chi connectivity index (χ2n) is 3.90. The number of aryl methyl sites for hydroxylation is 2. The number of nitrogens with zero attached hydrogens (tertiary/aromatic N) is 5. The quantitative estimate of drug-likeness (QED) is 0.755. The van der Waals surface area contributed by atoms with Crippen molar-refractivity contribution in [3.8, 4) is 0 Å². The van der Waals surface area contributed by atoms with Crippen LogP contribution < -0.4 is 11.1 Å². The van der Waals surface area contributed by atoms with Crippen molar-refractivity contribution >= 4 is 5.82 Å². The summed E-state index contributed by atoms with van der Waals surface area (Å²) in [6.45, 7) is 3.91. The molecule has 0 spiro atoms. The molecule has 0 aromatic carbocycles. The Morgan fingerprint density at radius 1 is 1.47 bits per heavy atom. The molecule has 0 radical (unpaired) electrons. The van der Waals surface area contributed by atoms with Crippen molar-refractivity contribution < 1.29 is 0 Å². The molecule has 0 saturated heterocycles. The third-order valence-electron chi connectivity index (χ3n) is 2.44. The molecule has 0 fully saturated rings. The van der Waals surface area contributed by atoms with Gasteiger partial charge in [-0.3, -0.25) is 9.36 Å². The van der Waals surface area contributed by atoms with Crippen molar-refractivity contribution in [2.75, 3.05) is 11.9 Å². The summed E-state index contributed by atoms with van der Waals surface area (Å²) in [4.78, 5) is 0. The van der Waals surface area contributed by atoms with Gasteiger partial charge in [-0.25, -0.2) is 0 Å². The van der Waals surface area contributed by atoms with E-state index in [1.54, 1.807) is 4.68 Å². The van der Waals surface area contributed by atoms with Gasteiger partial charge in [0.05, 0.1) is 17.9 Å². The van der Waals surface area contributed by atoms with Crippen LogP contribution in [0.4, 0.5) is 5.82 Å². The maximum absolute atomic E-state index is 5.46. The van der Waals surface area contributed by atoms with Gasteiger partial charge >= 0.3 is 0 Å². The number of hydrogen-bond donors (Lipinski definition) is 2. The van der Waals surface area contributed by atoms with Crippen LogP contribution >= 0.6 is 0 Å². The highest BCUT2D eigenvalue weighted by Crippen LogP contribution is 2.07. The first-order valence-electron chi connectivity index (χ1n) is 5.52. The number of hydrogen-bond acceptors (Lipinski definition) is 5. The summed E-state index contributed by atoms with van der Waals surface area (Å²) >= 11 is 0. The monoisotopic (exact) mass is 235 g/mol. The van der Waals surface area contributed by atoms with Gasteiger partial charge in [0, 0.05) is 32.4 Å². The highest BCUT2D eigenvalue weighted by molar-refractivity contribution is 5.36. The van der Waals surface area contributed by atoms with Crippen molar-refractivity contribution in [1.29, 1.82) is 0 Å². The molecule has 0 aliphatic carbocycles. The van der Waals surface area contributed by atoms with Crippen LogP contribution in [0.1, 0.15) is 11.4 Å². The molecule has 17 heavy (non-hydrogen) atoms. The second kappa shape index (κ2) is 4.96. The zero-order valence-corrected chi connectivity index (χ0v) is 10.1. The zero-order chi connectivity index (χ0) is 12.3. The second-order valence-corrected chi connectivity index (χ2v) is 3.90. The normalized spacial score (nSPS) is 10.8. The number of rotatable bonds is 5. The van der Waals surface area contributed by atoms with Crippen LogP contribution in [-0.2, 0) is 20.1 Å². The van der Waals surface area contributed by atoms with Crippen molar-refractivity contribution in [3.63, 3.8) is 0 Å². The van der Waals surface area contributed by atoms with Crippen molar-refractivity contribution in [2.45, 2.75) is 20.0 Å². The predicted octanol–water partition coefficient (Wildman–Crippen LogP) is -0.109. The molecule has 7 heteroatoms. The lowest BCUT2D eigenvalue weighted by atomic mass is 10.4. The summed E-state index contributed by atoms with van der Waals surface area (Å²) in [7, 11) is 1.91. The molecule has 3 N–H and O–H groups in total. The average Bonchev–Trinajstić information content (AvgIpc) is 2.86. The van der Waals surface area contributed by atoms with E-state index in [2.05, 4.69) is 20.7 Å². The van der Waals surface area contributed by atoms with Gasteiger partial charge in [-0.15, -0.1) is 5.10 Å². The molecular formula is C10H17N7. The molecule has 7 nitrogen and oxygen atoms in total. The van der Waals surface area contributed by atoms with E-state index in [-0.39, 0.29) is 0 Å². The summed E-state index contributed by atoms with van der Waals surface area (Å²) in [6, 6.07) is 2.01. The van der Waals surface area contributed by atoms with Crippen LogP contribution in [0.25, 0.3) is 0 Å². The predicted molar refractivity (Wildman–Crippen MR) is 64.3 cm³/mol. The van der Waals surface area contributed by atoms with Crippen molar-refractivity contribution in [3.05, 3.63) is 23.7 Å². The van der Waals surface area contributed by atoms with E-state index in [0.29, 0.717) is 6.54 Å². The van der Waals surface area contributed by atoms with Crippen molar-refractivity contribution in [2.24, 2.45) is 12.8 Å². The SMILES string of the molecule is Cc1cc(NCCn2cc(CN)nn2)n(C)n1. The number of anilines is 1. The first kappa shape index (κ1) is 11.6. The molecule has 0 aliphatic rings. The van der Waals surface area contributed by atoms with Gasteiger partial charge < -0.3 is 11.1 Å². The highest BCUT2D eigenvalue weighted by Gasteiger charge is 2.01. The third kappa shape index (κ3) is 2.82. The standard InChI is InChI=1S/C10H17N7/c1-8-5-10(16(2)14-8)12-3-4-17-7-9(6-11)13-15-17/h5,7,12H,3-4,6,11H2,1-2H3. The molecule has 0 saturated carbocycles. The maximum atomic E-state index is 5.46.